The number of aryl methyl sites for hydroxylation is 1. The molecule has 3 rings (SSSR count). The average Bonchev–Trinajstić information content (AvgIpc) is 2.92. The maximum atomic E-state index is 12.6. The van der Waals surface area contributed by atoms with E-state index in [0.717, 1.165) is 0 Å². The lowest BCUT2D eigenvalue weighted by molar-refractivity contribution is 0.344. The van der Waals surface area contributed by atoms with Crippen molar-refractivity contribution in [2.75, 3.05) is 11.3 Å². The van der Waals surface area contributed by atoms with Crippen LogP contribution in [0.2, 0.25) is 0 Å². The lowest BCUT2D eigenvalue weighted by Gasteiger charge is -2.11. The minimum absolute atomic E-state index is 0.0576. The van der Waals surface area contributed by atoms with Crippen LogP contribution in [0.3, 0.4) is 0 Å². The number of aromatic nitrogens is 4. The Hall–Kier alpha value is -2.68. The van der Waals surface area contributed by atoms with Gasteiger partial charge in [0.15, 0.2) is 5.82 Å². The Morgan fingerprint density at radius 2 is 2.13 bits per heavy atom. The third-order valence-corrected chi connectivity index (χ3v) is 4.51. The van der Waals surface area contributed by atoms with Gasteiger partial charge in [0, 0.05) is 18.6 Å². The van der Waals surface area contributed by atoms with Gasteiger partial charge in [-0.05, 0) is 31.2 Å². The SMILES string of the molecule is CCOc1ccc(S(=O)(=O)Nc2cn(C)nn2)c2ncccc12. The number of sulfonamides is 1. The zero-order valence-electron chi connectivity index (χ0n) is 12.6. The first-order valence-corrected chi connectivity index (χ1v) is 8.39. The van der Waals surface area contributed by atoms with Crippen molar-refractivity contribution >= 4 is 26.7 Å². The molecule has 0 fully saturated rings. The molecule has 0 atom stereocenters. The molecule has 0 aliphatic rings. The first-order chi connectivity index (χ1) is 11.0. The number of nitrogens with zero attached hydrogens (tertiary/aromatic N) is 4. The van der Waals surface area contributed by atoms with Gasteiger partial charge in [0.2, 0.25) is 0 Å². The van der Waals surface area contributed by atoms with Crippen molar-refractivity contribution in [2.45, 2.75) is 11.8 Å². The van der Waals surface area contributed by atoms with Crippen LogP contribution < -0.4 is 9.46 Å². The number of rotatable bonds is 5. The fourth-order valence-corrected chi connectivity index (χ4v) is 3.35. The highest BCUT2D eigenvalue weighted by Crippen LogP contribution is 2.30. The molecule has 120 valence electrons. The van der Waals surface area contributed by atoms with Gasteiger partial charge >= 0.3 is 0 Å². The van der Waals surface area contributed by atoms with Crippen LogP contribution in [0, 0.1) is 0 Å². The largest absolute Gasteiger partial charge is 0.493 e. The van der Waals surface area contributed by atoms with E-state index >= 15 is 0 Å². The number of fused-ring (bicyclic) bond motifs is 1. The van der Waals surface area contributed by atoms with Gasteiger partial charge in [-0.2, -0.15) is 0 Å². The number of anilines is 1. The first-order valence-electron chi connectivity index (χ1n) is 6.91. The van der Waals surface area contributed by atoms with Gasteiger partial charge in [-0.1, -0.05) is 5.21 Å². The Labute approximate surface area is 133 Å². The second kappa shape index (κ2) is 5.84. The molecule has 1 aromatic carbocycles. The minimum atomic E-state index is -3.84. The second-order valence-electron chi connectivity index (χ2n) is 4.78. The minimum Gasteiger partial charge on any atom is -0.493 e. The molecule has 0 radical (unpaired) electrons. The van der Waals surface area contributed by atoms with Crippen molar-refractivity contribution in [2.24, 2.45) is 7.05 Å². The monoisotopic (exact) mass is 333 g/mol. The predicted molar refractivity (Wildman–Crippen MR) is 84.7 cm³/mol. The van der Waals surface area contributed by atoms with Gasteiger partial charge in [0.05, 0.1) is 18.3 Å². The highest BCUT2D eigenvalue weighted by Gasteiger charge is 2.21. The Morgan fingerprint density at radius 1 is 1.30 bits per heavy atom. The summed E-state index contributed by atoms with van der Waals surface area (Å²) in [5, 5.41) is 8.07. The topological polar surface area (TPSA) is 99.0 Å². The lowest BCUT2D eigenvalue weighted by Crippen LogP contribution is -2.14. The summed E-state index contributed by atoms with van der Waals surface area (Å²) in [6, 6.07) is 6.60. The van der Waals surface area contributed by atoms with Crippen LogP contribution in [-0.2, 0) is 17.1 Å². The molecular weight excluding hydrogens is 318 g/mol. The van der Waals surface area contributed by atoms with Crippen molar-refractivity contribution < 1.29 is 13.2 Å². The maximum Gasteiger partial charge on any atom is 0.265 e. The van der Waals surface area contributed by atoms with Crippen molar-refractivity contribution in [1.82, 2.24) is 20.0 Å². The quantitative estimate of drug-likeness (QED) is 0.761. The van der Waals surface area contributed by atoms with E-state index in [-0.39, 0.29) is 10.7 Å². The summed E-state index contributed by atoms with van der Waals surface area (Å²) in [5.74, 6) is 0.736. The van der Waals surface area contributed by atoms with Crippen LogP contribution in [0.1, 0.15) is 6.92 Å². The molecule has 2 heterocycles. The molecule has 1 N–H and O–H groups in total. The number of benzene rings is 1. The van der Waals surface area contributed by atoms with E-state index in [0.29, 0.717) is 23.3 Å². The smallest absolute Gasteiger partial charge is 0.265 e. The molecule has 0 spiro atoms. The fraction of sp³-hybridized carbons (Fsp3) is 0.214. The Morgan fingerprint density at radius 3 is 2.83 bits per heavy atom. The molecule has 0 unspecified atom stereocenters. The lowest BCUT2D eigenvalue weighted by atomic mass is 10.2. The first kappa shape index (κ1) is 15.2. The Kier molecular flexibility index (Phi) is 3.87. The predicted octanol–water partition coefficient (Wildman–Crippen LogP) is 1.56. The molecule has 0 amide bonds. The standard InChI is InChI=1S/C14H15N5O3S/c1-3-22-11-6-7-12(14-10(11)5-4-8-15-14)23(20,21)17-13-9-19(2)18-16-13/h4-9,17H,3H2,1-2H3. The van der Waals surface area contributed by atoms with Crippen LogP contribution in [0.5, 0.6) is 5.75 Å². The van der Waals surface area contributed by atoms with E-state index in [1.54, 1.807) is 31.4 Å². The van der Waals surface area contributed by atoms with E-state index in [9.17, 15) is 8.42 Å². The highest BCUT2D eigenvalue weighted by molar-refractivity contribution is 7.93. The van der Waals surface area contributed by atoms with E-state index in [1.165, 1.54) is 16.9 Å². The second-order valence-corrected chi connectivity index (χ2v) is 6.43. The Bertz CT molecular complexity index is 952. The van der Waals surface area contributed by atoms with E-state index in [4.69, 9.17) is 4.74 Å². The van der Waals surface area contributed by atoms with Crippen molar-refractivity contribution in [3.63, 3.8) is 0 Å². The van der Waals surface area contributed by atoms with Crippen molar-refractivity contribution in [3.8, 4) is 5.75 Å². The summed E-state index contributed by atoms with van der Waals surface area (Å²) in [5.41, 5.74) is 0.342. The molecule has 23 heavy (non-hydrogen) atoms. The maximum absolute atomic E-state index is 12.6. The zero-order chi connectivity index (χ0) is 16.4. The average molecular weight is 333 g/mol. The third-order valence-electron chi connectivity index (χ3n) is 3.12. The van der Waals surface area contributed by atoms with Gasteiger partial charge < -0.3 is 4.74 Å². The molecule has 0 aliphatic heterocycles. The fourth-order valence-electron chi connectivity index (χ4n) is 2.21. The molecule has 0 saturated carbocycles. The molecule has 0 bridgehead atoms. The van der Waals surface area contributed by atoms with Crippen molar-refractivity contribution in [1.29, 1.82) is 0 Å². The number of ether oxygens (including phenoxy) is 1. The van der Waals surface area contributed by atoms with Crippen LogP contribution in [-0.4, -0.2) is 35.0 Å². The summed E-state index contributed by atoms with van der Waals surface area (Å²) < 4.78 is 34.6. The summed E-state index contributed by atoms with van der Waals surface area (Å²) in [4.78, 5) is 4.25. The van der Waals surface area contributed by atoms with Crippen molar-refractivity contribution in [3.05, 3.63) is 36.7 Å². The number of hydrogen-bond donors (Lipinski definition) is 1. The number of nitrogens with one attached hydrogen (secondary N) is 1. The molecule has 3 aromatic rings. The van der Waals surface area contributed by atoms with E-state index in [2.05, 4.69) is 20.0 Å². The summed E-state index contributed by atoms with van der Waals surface area (Å²) >= 11 is 0. The molecule has 9 heteroatoms. The van der Waals surface area contributed by atoms with Gasteiger partial charge in [0.25, 0.3) is 10.0 Å². The molecule has 8 nitrogen and oxygen atoms in total. The van der Waals surface area contributed by atoms with Crippen LogP contribution in [0.25, 0.3) is 10.9 Å². The van der Waals surface area contributed by atoms with Crippen LogP contribution >= 0.6 is 0 Å². The van der Waals surface area contributed by atoms with Crippen LogP contribution in [0.4, 0.5) is 5.82 Å². The van der Waals surface area contributed by atoms with Gasteiger partial charge in [-0.25, -0.2) is 8.42 Å². The van der Waals surface area contributed by atoms with Gasteiger partial charge in [-0.15, -0.1) is 5.10 Å². The van der Waals surface area contributed by atoms with Gasteiger partial charge in [-0.3, -0.25) is 14.4 Å². The summed E-state index contributed by atoms with van der Waals surface area (Å²) in [6.07, 6.45) is 3.02. The van der Waals surface area contributed by atoms with E-state index < -0.39 is 10.0 Å². The molecular formula is C14H15N5O3S. The normalized spacial score (nSPS) is 11.6. The van der Waals surface area contributed by atoms with Gasteiger partial charge in [0.1, 0.15) is 10.6 Å². The molecule has 0 aliphatic carbocycles. The molecule has 2 aromatic heterocycles. The zero-order valence-corrected chi connectivity index (χ0v) is 13.4. The van der Waals surface area contributed by atoms with E-state index in [1.807, 2.05) is 6.92 Å². The Balaban J connectivity index is 2.10. The highest BCUT2D eigenvalue weighted by atomic mass is 32.2. The summed E-state index contributed by atoms with van der Waals surface area (Å²) in [6.45, 7) is 2.34. The summed E-state index contributed by atoms with van der Waals surface area (Å²) in [7, 11) is -2.19. The third kappa shape index (κ3) is 2.95. The molecule has 0 saturated heterocycles. The number of hydrogen-bond acceptors (Lipinski definition) is 6. The number of pyridine rings is 1. The van der Waals surface area contributed by atoms with Crippen LogP contribution in [0.15, 0.2) is 41.6 Å².